The first-order valence-electron chi connectivity index (χ1n) is 13.6. The minimum Gasteiger partial charge on any atom is -0.354 e. The van der Waals surface area contributed by atoms with Gasteiger partial charge in [0.25, 0.3) is 15.9 Å². The maximum atomic E-state index is 13.5. The summed E-state index contributed by atoms with van der Waals surface area (Å²) >= 11 is 0. The third-order valence-corrected chi connectivity index (χ3v) is 8.50. The first kappa shape index (κ1) is 29.1. The number of aryl methyl sites for hydroxylation is 4. The summed E-state index contributed by atoms with van der Waals surface area (Å²) < 4.78 is 36.7. The number of carbonyl (C=O) groups is 1. The molecule has 10 heteroatoms. The van der Waals surface area contributed by atoms with E-state index < -0.39 is 10.0 Å². The number of hydrogen-bond acceptors (Lipinski definition) is 6. The quantitative estimate of drug-likeness (QED) is 0.251. The first-order chi connectivity index (χ1) is 19.1. The van der Waals surface area contributed by atoms with E-state index in [1.54, 1.807) is 33.0 Å². The van der Waals surface area contributed by atoms with Crippen molar-refractivity contribution in [2.75, 3.05) is 11.8 Å². The lowest BCUT2D eigenvalue weighted by atomic mass is 9.96. The standard InChI is InChI=1S/C30H37N5O4S/c1-7-12-27-32-25(9-3)28(29(36)31-6)35(27)18-21-15-16-23(22(8-2)17-21)24-13-10-11-14-26(24)40(37,38)34-30-19(4)20(5)33-39-30/h10-11,13-17,34H,7-9,12,18H2,1-6H3,(H,31,36). The summed E-state index contributed by atoms with van der Waals surface area (Å²) in [4.78, 5) is 17.8. The van der Waals surface area contributed by atoms with Gasteiger partial charge in [0.1, 0.15) is 11.5 Å². The molecule has 0 bridgehead atoms. The van der Waals surface area contributed by atoms with Crippen LogP contribution in [-0.4, -0.2) is 36.1 Å². The van der Waals surface area contributed by atoms with Crippen molar-refractivity contribution in [3.05, 3.63) is 82.1 Å². The molecule has 0 fully saturated rings. The van der Waals surface area contributed by atoms with Crippen LogP contribution < -0.4 is 10.0 Å². The fraction of sp³-hybridized carbons (Fsp3) is 0.367. The summed E-state index contributed by atoms with van der Waals surface area (Å²) in [7, 11) is -2.32. The van der Waals surface area contributed by atoms with Crippen LogP contribution in [0.1, 0.15) is 71.6 Å². The Morgan fingerprint density at radius 1 is 1.02 bits per heavy atom. The van der Waals surface area contributed by atoms with Gasteiger partial charge in [-0.25, -0.2) is 18.1 Å². The zero-order chi connectivity index (χ0) is 29.0. The molecular formula is C30H37N5O4S. The fourth-order valence-corrected chi connectivity index (χ4v) is 6.12. The molecular weight excluding hydrogens is 526 g/mol. The van der Waals surface area contributed by atoms with Gasteiger partial charge in [-0.1, -0.05) is 62.3 Å². The van der Waals surface area contributed by atoms with Crippen LogP contribution in [0.25, 0.3) is 11.1 Å². The fourth-order valence-electron chi connectivity index (χ4n) is 4.85. The third kappa shape index (κ3) is 5.67. The molecule has 40 heavy (non-hydrogen) atoms. The van der Waals surface area contributed by atoms with E-state index in [0.717, 1.165) is 41.1 Å². The van der Waals surface area contributed by atoms with E-state index in [1.165, 1.54) is 0 Å². The van der Waals surface area contributed by atoms with Gasteiger partial charge in [-0.05, 0) is 55.9 Å². The van der Waals surface area contributed by atoms with Crippen LogP contribution in [0.4, 0.5) is 5.88 Å². The van der Waals surface area contributed by atoms with Gasteiger partial charge in [-0.3, -0.25) is 4.79 Å². The lowest BCUT2D eigenvalue weighted by molar-refractivity contribution is 0.0953. The Morgan fingerprint density at radius 2 is 1.77 bits per heavy atom. The monoisotopic (exact) mass is 563 g/mol. The van der Waals surface area contributed by atoms with Crippen molar-refractivity contribution < 1.29 is 17.7 Å². The zero-order valence-corrected chi connectivity index (χ0v) is 24.8. The Bertz CT molecular complexity index is 1640. The summed E-state index contributed by atoms with van der Waals surface area (Å²) in [5.41, 5.74) is 6.09. The molecule has 0 spiro atoms. The molecule has 0 aliphatic heterocycles. The molecule has 0 saturated carbocycles. The van der Waals surface area contributed by atoms with E-state index >= 15 is 0 Å². The molecule has 0 aliphatic rings. The predicted octanol–water partition coefficient (Wildman–Crippen LogP) is 5.44. The number of sulfonamides is 1. The van der Waals surface area contributed by atoms with Crippen molar-refractivity contribution in [2.24, 2.45) is 0 Å². The number of hydrogen-bond donors (Lipinski definition) is 2. The Morgan fingerprint density at radius 3 is 2.40 bits per heavy atom. The normalized spacial score (nSPS) is 11.6. The van der Waals surface area contributed by atoms with Crippen molar-refractivity contribution in [1.29, 1.82) is 0 Å². The average Bonchev–Trinajstić information content (AvgIpc) is 3.46. The summed E-state index contributed by atoms with van der Waals surface area (Å²) in [5, 5.41) is 6.62. The molecule has 212 valence electrons. The number of rotatable bonds is 11. The molecule has 0 saturated heterocycles. The van der Waals surface area contributed by atoms with Gasteiger partial charge in [-0.15, -0.1) is 0 Å². The molecule has 1 amide bonds. The molecule has 0 radical (unpaired) electrons. The van der Waals surface area contributed by atoms with Crippen molar-refractivity contribution in [3.63, 3.8) is 0 Å². The Balaban J connectivity index is 1.75. The molecule has 2 N–H and O–H groups in total. The molecule has 4 aromatic rings. The molecule has 4 rings (SSSR count). The van der Waals surface area contributed by atoms with E-state index in [-0.39, 0.29) is 16.7 Å². The van der Waals surface area contributed by atoms with Crippen molar-refractivity contribution in [2.45, 2.75) is 71.7 Å². The maximum Gasteiger partial charge on any atom is 0.269 e. The molecule has 9 nitrogen and oxygen atoms in total. The number of benzene rings is 2. The number of amides is 1. The van der Waals surface area contributed by atoms with E-state index in [9.17, 15) is 13.2 Å². The van der Waals surface area contributed by atoms with Crippen molar-refractivity contribution in [1.82, 2.24) is 20.0 Å². The number of anilines is 1. The molecule has 0 aliphatic carbocycles. The topological polar surface area (TPSA) is 119 Å². The van der Waals surface area contributed by atoms with Crippen LogP contribution >= 0.6 is 0 Å². The molecule has 2 aromatic heterocycles. The number of nitrogens with zero attached hydrogens (tertiary/aromatic N) is 3. The molecule has 2 heterocycles. The smallest absolute Gasteiger partial charge is 0.269 e. The van der Waals surface area contributed by atoms with Crippen LogP contribution in [0, 0.1) is 13.8 Å². The second-order valence-electron chi connectivity index (χ2n) is 9.76. The summed E-state index contributed by atoms with van der Waals surface area (Å²) in [6.45, 7) is 10.2. The molecule has 0 atom stereocenters. The summed E-state index contributed by atoms with van der Waals surface area (Å²) in [6, 6.07) is 13.0. The summed E-state index contributed by atoms with van der Waals surface area (Å²) in [5.74, 6) is 0.850. The first-order valence-corrected chi connectivity index (χ1v) is 15.1. The highest BCUT2D eigenvalue weighted by atomic mass is 32.2. The minimum absolute atomic E-state index is 0.111. The number of aromatic nitrogens is 3. The molecule has 2 aromatic carbocycles. The Labute approximate surface area is 236 Å². The number of nitrogens with one attached hydrogen (secondary N) is 2. The van der Waals surface area contributed by atoms with Crippen molar-refractivity contribution >= 4 is 21.8 Å². The SMILES string of the molecule is CCCc1nc(CC)c(C(=O)NC)n1Cc1ccc(-c2ccccc2S(=O)(=O)Nc2onc(C)c2C)c(CC)c1. The number of carbonyl (C=O) groups excluding carboxylic acids is 1. The van der Waals surface area contributed by atoms with E-state index in [0.29, 0.717) is 41.9 Å². The van der Waals surface area contributed by atoms with Crippen LogP contribution in [-0.2, 0) is 35.8 Å². The van der Waals surface area contributed by atoms with E-state index in [1.807, 2.05) is 42.7 Å². The van der Waals surface area contributed by atoms with Gasteiger partial charge >= 0.3 is 0 Å². The average molecular weight is 564 g/mol. The van der Waals surface area contributed by atoms with Crippen LogP contribution in [0.15, 0.2) is 51.9 Å². The van der Waals surface area contributed by atoms with Gasteiger partial charge in [0, 0.05) is 31.1 Å². The Hall–Kier alpha value is -3.92. The predicted molar refractivity (Wildman–Crippen MR) is 156 cm³/mol. The summed E-state index contributed by atoms with van der Waals surface area (Å²) in [6.07, 6.45) is 3.04. The maximum absolute atomic E-state index is 13.5. The Kier molecular flexibility index (Phi) is 8.78. The van der Waals surface area contributed by atoms with Crippen LogP contribution in [0.5, 0.6) is 0 Å². The van der Waals surface area contributed by atoms with Gasteiger partial charge < -0.3 is 14.4 Å². The lowest BCUT2D eigenvalue weighted by Gasteiger charge is -2.17. The van der Waals surface area contributed by atoms with Crippen LogP contribution in [0.2, 0.25) is 0 Å². The second-order valence-corrected chi connectivity index (χ2v) is 11.4. The number of imidazole rings is 1. The second kappa shape index (κ2) is 12.1. The van der Waals surface area contributed by atoms with Gasteiger partial charge in [0.2, 0.25) is 5.88 Å². The largest absolute Gasteiger partial charge is 0.354 e. The van der Waals surface area contributed by atoms with Crippen LogP contribution in [0.3, 0.4) is 0 Å². The van der Waals surface area contributed by atoms with E-state index in [4.69, 9.17) is 9.51 Å². The van der Waals surface area contributed by atoms with E-state index in [2.05, 4.69) is 28.2 Å². The van der Waals surface area contributed by atoms with Crippen molar-refractivity contribution in [3.8, 4) is 11.1 Å². The van der Waals surface area contributed by atoms with Gasteiger partial charge in [0.15, 0.2) is 0 Å². The zero-order valence-electron chi connectivity index (χ0n) is 24.0. The highest BCUT2D eigenvalue weighted by molar-refractivity contribution is 7.92. The minimum atomic E-state index is -3.96. The lowest BCUT2D eigenvalue weighted by Crippen LogP contribution is -2.24. The highest BCUT2D eigenvalue weighted by Crippen LogP contribution is 2.33. The van der Waals surface area contributed by atoms with Gasteiger partial charge in [0.05, 0.1) is 16.3 Å². The third-order valence-electron chi connectivity index (χ3n) is 7.11. The highest BCUT2D eigenvalue weighted by Gasteiger charge is 2.24. The molecule has 0 unspecified atom stereocenters. The van der Waals surface area contributed by atoms with Gasteiger partial charge in [-0.2, -0.15) is 0 Å².